The minimum Gasteiger partial charge on any atom is -0.396 e. The number of rotatable bonds is 3. The SMILES string of the molecule is Nc1cnccc1N1CCN(Cc2ccsc2)CC1. The molecule has 0 aliphatic carbocycles. The molecular weight excluding hydrogens is 256 g/mol. The second-order valence-corrected chi connectivity index (χ2v) is 5.61. The Labute approximate surface area is 117 Å². The molecule has 0 radical (unpaired) electrons. The molecule has 5 heteroatoms. The zero-order valence-electron chi connectivity index (χ0n) is 10.8. The molecule has 1 saturated heterocycles. The first-order chi connectivity index (χ1) is 9.33. The van der Waals surface area contributed by atoms with Crippen LogP contribution in [0.25, 0.3) is 0 Å². The summed E-state index contributed by atoms with van der Waals surface area (Å²) in [7, 11) is 0. The second kappa shape index (κ2) is 5.59. The van der Waals surface area contributed by atoms with Crippen LogP contribution in [-0.2, 0) is 6.54 Å². The van der Waals surface area contributed by atoms with Gasteiger partial charge in [0.15, 0.2) is 0 Å². The number of nitrogens with two attached hydrogens (primary N) is 1. The van der Waals surface area contributed by atoms with E-state index in [1.54, 1.807) is 17.5 Å². The first-order valence-corrected chi connectivity index (χ1v) is 7.45. The summed E-state index contributed by atoms with van der Waals surface area (Å²) >= 11 is 1.77. The number of nitrogen functional groups attached to an aromatic ring is 1. The minimum atomic E-state index is 0.772. The van der Waals surface area contributed by atoms with Gasteiger partial charge in [-0.15, -0.1) is 0 Å². The Morgan fingerprint density at radius 2 is 2.05 bits per heavy atom. The molecule has 1 aliphatic heterocycles. The summed E-state index contributed by atoms with van der Waals surface area (Å²) in [5.41, 5.74) is 9.29. The largest absolute Gasteiger partial charge is 0.396 e. The van der Waals surface area contributed by atoms with Crippen molar-refractivity contribution in [1.82, 2.24) is 9.88 Å². The van der Waals surface area contributed by atoms with E-state index in [1.165, 1.54) is 5.56 Å². The van der Waals surface area contributed by atoms with E-state index in [-0.39, 0.29) is 0 Å². The molecule has 100 valence electrons. The predicted octanol–water partition coefficient (Wildman–Crippen LogP) is 2.05. The van der Waals surface area contributed by atoms with Gasteiger partial charge in [0.1, 0.15) is 0 Å². The van der Waals surface area contributed by atoms with E-state index in [9.17, 15) is 0 Å². The smallest absolute Gasteiger partial charge is 0.0738 e. The molecule has 1 aliphatic rings. The molecule has 3 heterocycles. The molecule has 0 atom stereocenters. The fraction of sp³-hybridized carbons (Fsp3) is 0.357. The lowest BCUT2D eigenvalue weighted by Gasteiger charge is -2.36. The van der Waals surface area contributed by atoms with E-state index >= 15 is 0 Å². The molecule has 0 bridgehead atoms. The van der Waals surface area contributed by atoms with E-state index in [4.69, 9.17) is 5.73 Å². The number of hydrogen-bond donors (Lipinski definition) is 1. The van der Waals surface area contributed by atoms with Gasteiger partial charge in [-0.3, -0.25) is 9.88 Å². The van der Waals surface area contributed by atoms with Gasteiger partial charge in [0.25, 0.3) is 0 Å². The van der Waals surface area contributed by atoms with Crippen molar-refractivity contribution >= 4 is 22.7 Å². The van der Waals surface area contributed by atoms with Crippen LogP contribution in [0.1, 0.15) is 5.56 Å². The number of piperazine rings is 1. The quantitative estimate of drug-likeness (QED) is 0.930. The first-order valence-electron chi connectivity index (χ1n) is 6.51. The van der Waals surface area contributed by atoms with Gasteiger partial charge in [-0.05, 0) is 28.5 Å². The van der Waals surface area contributed by atoms with Crippen molar-refractivity contribution in [3.8, 4) is 0 Å². The third kappa shape index (κ3) is 2.88. The van der Waals surface area contributed by atoms with E-state index in [0.717, 1.165) is 44.1 Å². The van der Waals surface area contributed by atoms with Crippen LogP contribution in [0.2, 0.25) is 0 Å². The fourth-order valence-corrected chi connectivity index (χ4v) is 3.13. The van der Waals surface area contributed by atoms with E-state index < -0.39 is 0 Å². The molecule has 0 spiro atoms. The molecule has 4 nitrogen and oxygen atoms in total. The van der Waals surface area contributed by atoms with Crippen LogP contribution < -0.4 is 10.6 Å². The Kier molecular flexibility index (Phi) is 3.66. The maximum Gasteiger partial charge on any atom is 0.0738 e. The van der Waals surface area contributed by atoms with Gasteiger partial charge in [0.2, 0.25) is 0 Å². The zero-order chi connectivity index (χ0) is 13.1. The molecule has 0 amide bonds. The van der Waals surface area contributed by atoms with Gasteiger partial charge in [-0.1, -0.05) is 0 Å². The van der Waals surface area contributed by atoms with Crippen molar-refractivity contribution in [3.05, 3.63) is 40.8 Å². The molecule has 0 saturated carbocycles. The first kappa shape index (κ1) is 12.4. The number of nitrogens with zero attached hydrogens (tertiary/aromatic N) is 3. The third-order valence-electron chi connectivity index (χ3n) is 3.53. The zero-order valence-corrected chi connectivity index (χ0v) is 11.6. The number of aromatic nitrogens is 1. The molecule has 2 aromatic rings. The van der Waals surface area contributed by atoms with Gasteiger partial charge >= 0.3 is 0 Å². The van der Waals surface area contributed by atoms with Crippen LogP contribution in [-0.4, -0.2) is 36.1 Å². The van der Waals surface area contributed by atoms with E-state index in [0.29, 0.717) is 0 Å². The molecule has 19 heavy (non-hydrogen) atoms. The normalized spacial score (nSPS) is 16.7. The van der Waals surface area contributed by atoms with Crippen LogP contribution >= 0.6 is 11.3 Å². The number of hydrogen-bond acceptors (Lipinski definition) is 5. The lowest BCUT2D eigenvalue weighted by molar-refractivity contribution is 0.250. The number of thiophene rings is 1. The minimum absolute atomic E-state index is 0.772. The van der Waals surface area contributed by atoms with Crippen molar-refractivity contribution in [2.45, 2.75) is 6.54 Å². The summed E-state index contributed by atoms with van der Waals surface area (Å²) in [6, 6.07) is 4.21. The lowest BCUT2D eigenvalue weighted by Crippen LogP contribution is -2.46. The van der Waals surface area contributed by atoms with Crippen LogP contribution in [0.15, 0.2) is 35.3 Å². The van der Waals surface area contributed by atoms with Gasteiger partial charge in [-0.25, -0.2) is 0 Å². The lowest BCUT2D eigenvalue weighted by atomic mass is 10.2. The highest BCUT2D eigenvalue weighted by Crippen LogP contribution is 2.23. The maximum atomic E-state index is 5.98. The molecule has 0 unspecified atom stereocenters. The van der Waals surface area contributed by atoms with E-state index in [2.05, 4.69) is 31.6 Å². The summed E-state index contributed by atoms with van der Waals surface area (Å²) in [6.45, 7) is 5.27. The van der Waals surface area contributed by atoms with Crippen molar-refractivity contribution < 1.29 is 0 Å². The van der Waals surface area contributed by atoms with Crippen LogP contribution in [0.3, 0.4) is 0 Å². The van der Waals surface area contributed by atoms with Crippen molar-refractivity contribution in [1.29, 1.82) is 0 Å². The van der Waals surface area contributed by atoms with Crippen molar-refractivity contribution in [2.24, 2.45) is 0 Å². The summed E-state index contributed by atoms with van der Waals surface area (Å²) in [5, 5.41) is 4.37. The third-order valence-corrected chi connectivity index (χ3v) is 4.26. The predicted molar refractivity (Wildman–Crippen MR) is 80.5 cm³/mol. The maximum absolute atomic E-state index is 5.98. The fourth-order valence-electron chi connectivity index (χ4n) is 2.48. The summed E-state index contributed by atoms with van der Waals surface area (Å²) in [6.07, 6.45) is 3.54. The number of pyridine rings is 1. The average molecular weight is 274 g/mol. The molecule has 3 rings (SSSR count). The van der Waals surface area contributed by atoms with Crippen LogP contribution in [0.4, 0.5) is 11.4 Å². The highest BCUT2D eigenvalue weighted by atomic mass is 32.1. The standard InChI is InChI=1S/C14H18N4S/c15-13-9-16-3-1-14(13)18-6-4-17(5-7-18)10-12-2-8-19-11-12/h1-3,8-9,11H,4-7,10,15H2. The Morgan fingerprint density at radius 3 is 2.74 bits per heavy atom. The van der Waals surface area contributed by atoms with Crippen LogP contribution in [0, 0.1) is 0 Å². The molecule has 0 aromatic carbocycles. The summed E-state index contributed by atoms with van der Waals surface area (Å²) in [4.78, 5) is 8.89. The monoisotopic (exact) mass is 274 g/mol. The Morgan fingerprint density at radius 1 is 1.21 bits per heavy atom. The Hall–Kier alpha value is -1.59. The van der Waals surface area contributed by atoms with Crippen molar-refractivity contribution in [2.75, 3.05) is 36.8 Å². The van der Waals surface area contributed by atoms with Gasteiger partial charge in [0, 0.05) is 38.9 Å². The molecule has 1 fully saturated rings. The molecular formula is C14H18N4S. The average Bonchev–Trinajstić information content (AvgIpc) is 2.93. The second-order valence-electron chi connectivity index (χ2n) is 4.83. The summed E-state index contributed by atoms with van der Waals surface area (Å²) in [5.74, 6) is 0. The number of anilines is 2. The highest BCUT2D eigenvalue weighted by molar-refractivity contribution is 7.07. The Bertz CT molecular complexity index is 518. The van der Waals surface area contributed by atoms with Crippen molar-refractivity contribution in [3.63, 3.8) is 0 Å². The molecule has 2 aromatic heterocycles. The molecule has 2 N–H and O–H groups in total. The van der Waals surface area contributed by atoms with Crippen LogP contribution in [0.5, 0.6) is 0 Å². The summed E-state index contributed by atoms with van der Waals surface area (Å²) < 4.78 is 0. The highest BCUT2D eigenvalue weighted by Gasteiger charge is 2.18. The van der Waals surface area contributed by atoms with Gasteiger partial charge in [-0.2, -0.15) is 11.3 Å². The topological polar surface area (TPSA) is 45.4 Å². The van der Waals surface area contributed by atoms with E-state index in [1.807, 2.05) is 12.3 Å². The van der Waals surface area contributed by atoms with Gasteiger partial charge in [0.05, 0.1) is 17.6 Å². The van der Waals surface area contributed by atoms with Gasteiger partial charge < -0.3 is 10.6 Å². The Balaban J connectivity index is 1.59.